The number of hydrogen-bond donors (Lipinski definition) is 3. The van der Waals surface area contributed by atoms with Crippen LogP contribution in [0.1, 0.15) is 26.4 Å². The average Bonchev–Trinajstić information content (AvgIpc) is 2.96. The van der Waals surface area contributed by atoms with Gasteiger partial charge in [0, 0.05) is 18.8 Å². The number of phenols is 1. The molecule has 1 aromatic heterocycles. The number of benzene rings is 1. The number of ketones is 2. The Hall–Kier alpha value is -2.82. The first-order chi connectivity index (χ1) is 10.1. The Morgan fingerprint density at radius 3 is 2.62 bits per heavy atom. The van der Waals surface area contributed by atoms with Crippen LogP contribution in [0.3, 0.4) is 0 Å². The molecule has 1 aliphatic rings. The molecule has 21 heavy (non-hydrogen) atoms. The first-order valence-corrected chi connectivity index (χ1v) is 6.65. The van der Waals surface area contributed by atoms with Gasteiger partial charge in [-0.3, -0.25) is 9.59 Å². The summed E-state index contributed by atoms with van der Waals surface area (Å²) in [6.45, 7) is 0.533. The molecular weight excluding hydrogens is 268 g/mol. The van der Waals surface area contributed by atoms with Crippen molar-refractivity contribution in [2.75, 3.05) is 6.54 Å². The minimum atomic E-state index is -0.194. The normalized spacial score (nSPS) is 13.8. The van der Waals surface area contributed by atoms with Gasteiger partial charge in [0.05, 0.1) is 17.0 Å². The summed E-state index contributed by atoms with van der Waals surface area (Å²) in [7, 11) is 0. The lowest BCUT2D eigenvalue weighted by atomic mass is 9.99. The maximum atomic E-state index is 12.2. The van der Waals surface area contributed by atoms with E-state index >= 15 is 0 Å². The zero-order chi connectivity index (χ0) is 14.8. The van der Waals surface area contributed by atoms with Crippen molar-refractivity contribution < 1.29 is 14.7 Å². The van der Waals surface area contributed by atoms with E-state index in [1.54, 1.807) is 24.4 Å². The Labute approximate surface area is 121 Å². The van der Waals surface area contributed by atoms with Crippen molar-refractivity contribution in [3.63, 3.8) is 0 Å². The fourth-order valence-electron chi connectivity index (χ4n) is 2.31. The van der Waals surface area contributed by atoms with Gasteiger partial charge < -0.3 is 15.4 Å². The van der Waals surface area contributed by atoms with E-state index in [2.05, 4.69) is 10.3 Å². The summed E-state index contributed by atoms with van der Waals surface area (Å²) in [5.41, 5.74) is 2.11. The predicted octanol–water partition coefficient (Wildman–Crippen LogP) is 1.82. The molecule has 1 aromatic carbocycles. The molecule has 0 saturated heterocycles. The molecule has 5 nitrogen and oxygen atoms in total. The monoisotopic (exact) mass is 282 g/mol. The Kier molecular flexibility index (Phi) is 3.31. The maximum absolute atomic E-state index is 12.2. The number of rotatable bonds is 4. The third-order valence-electron chi connectivity index (χ3n) is 3.43. The number of aromatic nitrogens is 1. The molecule has 0 atom stereocenters. The number of Topliss-reactive ketones (excluding diaryl/α,β-unsaturated/α-hetero) is 1. The molecule has 0 unspecified atom stereocenters. The molecule has 2 aromatic rings. The molecule has 106 valence electrons. The standard InChI is InChI=1S/C16H14N2O3/c19-11-3-1-10(2-4-11)5-7-17-13-9-14(20)12-6-8-18-15(12)16(13)21/h1-4,6,8-9,17-19H,5,7H2. The fraction of sp³-hybridized carbons (Fsp3) is 0.125. The Morgan fingerprint density at radius 2 is 1.86 bits per heavy atom. The van der Waals surface area contributed by atoms with Crippen LogP contribution in [-0.2, 0) is 6.42 Å². The van der Waals surface area contributed by atoms with Gasteiger partial charge in [-0.15, -0.1) is 0 Å². The molecule has 3 N–H and O–H groups in total. The number of hydrogen-bond acceptors (Lipinski definition) is 4. The van der Waals surface area contributed by atoms with Crippen molar-refractivity contribution in [3.05, 3.63) is 65.1 Å². The van der Waals surface area contributed by atoms with Crippen LogP contribution in [0, 0.1) is 0 Å². The first kappa shape index (κ1) is 13.2. The van der Waals surface area contributed by atoms with Crippen LogP contribution in [0.5, 0.6) is 5.75 Å². The van der Waals surface area contributed by atoms with Crippen molar-refractivity contribution in [1.82, 2.24) is 10.3 Å². The minimum absolute atomic E-state index is 0.169. The Morgan fingerprint density at radius 1 is 1.10 bits per heavy atom. The fourth-order valence-corrected chi connectivity index (χ4v) is 2.31. The zero-order valence-corrected chi connectivity index (χ0v) is 11.2. The molecular formula is C16H14N2O3. The van der Waals surface area contributed by atoms with Gasteiger partial charge in [-0.1, -0.05) is 12.1 Å². The lowest BCUT2D eigenvalue weighted by molar-refractivity contribution is 0.0976. The van der Waals surface area contributed by atoms with E-state index in [9.17, 15) is 14.7 Å². The molecule has 1 heterocycles. The first-order valence-electron chi connectivity index (χ1n) is 6.65. The van der Waals surface area contributed by atoms with Crippen molar-refractivity contribution in [1.29, 1.82) is 0 Å². The van der Waals surface area contributed by atoms with Crippen LogP contribution < -0.4 is 5.32 Å². The second kappa shape index (κ2) is 5.28. The Bertz CT molecular complexity index is 726. The minimum Gasteiger partial charge on any atom is -0.508 e. The summed E-state index contributed by atoms with van der Waals surface area (Å²) < 4.78 is 0. The number of aromatic hydroxyl groups is 1. The van der Waals surface area contributed by atoms with Gasteiger partial charge in [-0.25, -0.2) is 0 Å². The average molecular weight is 282 g/mol. The number of fused-ring (bicyclic) bond motifs is 1. The highest BCUT2D eigenvalue weighted by Crippen LogP contribution is 2.18. The van der Waals surface area contributed by atoms with E-state index in [1.807, 2.05) is 12.1 Å². The molecule has 0 spiro atoms. The molecule has 0 aliphatic heterocycles. The quantitative estimate of drug-likeness (QED) is 0.799. The Balaban J connectivity index is 1.64. The second-order valence-electron chi connectivity index (χ2n) is 4.86. The van der Waals surface area contributed by atoms with E-state index in [4.69, 9.17) is 0 Å². The van der Waals surface area contributed by atoms with Gasteiger partial charge in [0.15, 0.2) is 5.78 Å². The summed E-state index contributed by atoms with van der Waals surface area (Å²) in [4.78, 5) is 26.8. The van der Waals surface area contributed by atoms with E-state index in [0.717, 1.165) is 5.56 Å². The topological polar surface area (TPSA) is 82.2 Å². The number of aromatic amines is 1. The largest absolute Gasteiger partial charge is 0.508 e. The summed E-state index contributed by atoms with van der Waals surface area (Å²) >= 11 is 0. The number of allylic oxidation sites excluding steroid dienone is 2. The maximum Gasteiger partial charge on any atom is 0.225 e. The molecule has 0 bridgehead atoms. The van der Waals surface area contributed by atoms with E-state index in [-0.39, 0.29) is 17.3 Å². The lowest BCUT2D eigenvalue weighted by Crippen LogP contribution is -2.28. The molecule has 0 saturated carbocycles. The van der Waals surface area contributed by atoms with Gasteiger partial charge in [0.1, 0.15) is 5.75 Å². The second-order valence-corrected chi connectivity index (χ2v) is 4.86. The van der Waals surface area contributed by atoms with Crippen LogP contribution in [0.2, 0.25) is 0 Å². The highest BCUT2D eigenvalue weighted by molar-refractivity contribution is 6.23. The molecule has 3 rings (SSSR count). The van der Waals surface area contributed by atoms with Gasteiger partial charge in [0.25, 0.3) is 0 Å². The molecule has 1 aliphatic carbocycles. The van der Waals surface area contributed by atoms with Crippen LogP contribution in [0.15, 0.2) is 48.3 Å². The highest BCUT2D eigenvalue weighted by atomic mass is 16.3. The summed E-state index contributed by atoms with van der Waals surface area (Å²) in [5, 5.41) is 12.2. The predicted molar refractivity (Wildman–Crippen MR) is 77.4 cm³/mol. The van der Waals surface area contributed by atoms with E-state index < -0.39 is 0 Å². The summed E-state index contributed by atoms with van der Waals surface area (Å²) in [5.74, 6) is -0.139. The van der Waals surface area contributed by atoms with Gasteiger partial charge in [-0.05, 0) is 30.2 Å². The van der Waals surface area contributed by atoms with Crippen molar-refractivity contribution in [2.24, 2.45) is 0 Å². The molecule has 0 fully saturated rings. The van der Waals surface area contributed by atoms with E-state index in [1.165, 1.54) is 6.08 Å². The number of H-pyrrole nitrogens is 1. The van der Waals surface area contributed by atoms with E-state index in [0.29, 0.717) is 29.9 Å². The third kappa shape index (κ3) is 2.58. The number of nitrogens with one attached hydrogen (secondary N) is 2. The number of carbonyl (C=O) groups is 2. The van der Waals surface area contributed by atoms with Gasteiger partial charge in [-0.2, -0.15) is 0 Å². The highest BCUT2D eigenvalue weighted by Gasteiger charge is 2.26. The third-order valence-corrected chi connectivity index (χ3v) is 3.43. The van der Waals surface area contributed by atoms with Gasteiger partial charge >= 0.3 is 0 Å². The summed E-state index contributed by atoms with van der Waals surface area (Å²) in [6, 6.07) is 8.49. The molecule has 0 amide bonds. The number of carbonyl (C=O) groups excluding carboxylic acids is 2. The lowest BCUT2D eigenvalue weighted by Gasteiger charge is -2.13. The van der Waals surface area contributed by atoms with Crippen LogP contribution in [0.25, 0.3) is 0 Å². The number of phenolic OH excluding ortho intramolecular Hbond substituents is 1. The smallest absolute Gasteiger partial charge is 0.225 e. The van der Waals surface area contributed by atoms with Crippen molar-refractivity contribution in [3.8, 4) is 5.75 Å². The van der Waals surface area contributed by atoms with Gasteiger partial charge in [0.2, 0.25) is 5.78 Å². The van der Waals surface area contributed by atoms with Crippen LogP contribution in [-0.4, -0.2) is 28.2 Å². The SMILES string of the molecule is O=C1C=C(NCCc2ccc(O)cc2)C(=O)c2[nH]ccc21. The van der Waals surface area contributed by atoms with Crippen LogP contribution >= 0.6 is 0 Å². The molecule has 5 heteroatoms. The van der Waals surface area contributed by atoms with Crippen LogP contribution in [0.4, 0.5) is 0 Å². The van der Waals surface area contributed by atoms with Crippen molar-refractivity contribution in [2.45, 2.75) is 6.42 Å². The zero-order valence-electron chi connectivity index (χ0n) is 11.2. The summed E-state index contributed by atoms with van der Waals surface area (Å²) in [6.07, 6.45) is 3.62. The molecule has 0 radical (unpaired) electrons. The van der Waals surface area contributed by atoms with Crippen molar-refractivity contribution >= 4 is 11.6 Å².